The Morgan fingerprint density at radius 1 is 1.19 bits per heavy atom. The van der Waals surface area contributed by atoms with Crippen molar-refractivity contribution in [2.45, 2.75) is 83.3 Å². The zero-order chi connectivity index (χ0) is 11.9. The Morgan fingerprint density at radius 3 is 2.69 bits per heavy atom. The Labute approximate surface area is 100 Å². The summed E-state index contributed by atoms with van der Waals surface area (Å²) in [7, 11) is 0. The maximum Gasteiger partial charge on any atom is 0.0694 e. The normalized spacial score (nSPS) is 30.6. The topological polar surface area (TPSA) is 29.5 Å². The molecular weight excluding hydrogens is 200 g/mol. The number of aliphatic hydroxyl groups is 1. The van der Waals surface area contributed by atoms with Gasteiger partial charge in [-0.3, -0.25) is 0 Å². The van der Waals surface area contributed by atoms with Crippen molar-refractivity contribution in [2.24, 2.45) is 0 Å². The van der Waals surface area contributed by atoms with Gasteiger partial charge in [0.1, 0.15) is 0 Å². The molecular formula is C14H28O2. The molecule has 0 radical (unpaired) electrons. The van der Waals surface area contributed by atoms with E-state index >= 15 is 0 Å². The van der Waals surface area contributed by atoms with Crippen LogP contribution in [0.3, 0.4) is 0 Å². The molecule has 0 aromatic carbocycles. The fourth-order valence-corrected chi connectivity index (χ4v) is 2.62. The van der Waals surface area contributed by atoms with Gasteiger partial charge in [-0.05, 0) is 19.3 Å². The molecule has 0 bridgehead atoms. The lowest BCUT2D eigenvalue weighted by molar-refractivity contribution is -0.109. The molecule has 1 heterocycles. The Hall–Kier alpha value is -0.0800. The van der Waals surface area contributed by atoms with Crippen LogP contribution in [0, 0.1) is 0 Å². The van der Waals surface area contributed by atoms with Crippen molar-refractivity contribution in [3.8, 4) is 0 Å². The Kier molecular flexibility index (Phi) is 6.37. The molecule has 2 heteroatoms. The summed E-state index contributed by atoms with van der Waals surface area (Å²) >= 11 is 0. The number of ether oxygens (including phenoxy) is 1. The van der Waals surface area contributed by atoms with Crippen LogP contribution in [0.5, 0.6) is 0 Å². The Bertz CT molecular complexity index is 180. The lowest BCUT2D eigenvalue weighted by atomic mass is 9.84. The average molecular weight is 228 g/mol. The lowest BCUT2D eigenvalue weighted by Crippen LogP contribution is -2.40. The largest absolute Gasteiger partial charge is 0.390 e. The molecule has 1 rings (SSSR count). The first kappa shape index (κ1) is 14.0. The molecule has 0 aliphatic carbocycles. The van der Waals surface area contributed by atoms with Crippen LogP contribution >= 0.6 is 0 Å². The van der Waals surface area contributed by atoms with E-state index in [0.29, 0.717) is 6.10 Å². The fraction of sp³-hybridized carbons (Fsp3) is 1.00. The van der Waals surface area contributed by atoms with Gasteiger partial charge in [0.2, 0.25) is 0 Å². The molecule has 2 nitrogen and oxygen atoms in total. The predicted molar refractivity (Wildman–Crippen MR) is 67.6 cm³/mol. The molecule has 0 aromatic rings. The summed E-state index contributed by atoms with van der Waals surface area (Å²) in [4.78, 5) is 0. The number of rotatable bonds is 7. The monoisotopic (exact) mass is 228 g/mol. The van der Waals surface area contributed by atoms with Crippen molar-refractivity contribution in [2.75, 3.05) is 6.61 Å². The molecule has 96 valence electrons. The molecule has 2 atom stereocenters. The van der Waals surface area contributed by atoms with Crippen LogP contribution < -0.4 is 0 Å². The predicted octanol–water partition coefficient (Wildman–Crippen LogP) is 3.67. The summed E-state index contributed by atoms with van der Waals surface area (Å²) in [5.74, 6) is 0. The van der Waals surface area contributed by atoms with Crippen LogP contribution in [0.25, 0.3) is 0 Å². The summed E-state index contributed by atoms with van der Waals surface area (Å²) in [6.07, 6.45) is 10.2. The first-order chi connectivity index (χ1) is 7.70. The van der Waals surface area contributed by atoms with Crippen molar-refractivity contribution in [1.29, 1.82) is 0 Å². The van der Waals surface area contributed by atoms with Crippen molar-refractivity contribution in [3.63, 3.8) is 0 Å². The maximum absolute atomic E-state index is 10.5. The smallest absolute Gasteiger partial charge is 0.0694 e. The standard InChI is InChI=1S/C14H28O2/c1-3-5-6-7-9-14(15)10-11-16-13(12-14)8-4-2/h13,15H,3-12H2,1-2H3. The summed E-state index contributed by atoms with van der Waals surface area (Å²) in [6.45, 7) is 5.15. The van der Waals surface area contributed by atoms with Gasteiger partial charge in [0.05, 0.1) is 11.7 Å². The highest BCUT2D eigenvalue weighted by Gasteiger charge is 2.33. The van der Waals surface area contributed by atoms with E-state index in [2.05, 4.69) is 13.8 Å². The molecule has 1 fully saturated rings. The first-order valence-corrected chi connectivity index (χ1v) is 7.04. The second-order valence-corrected chi connectivity index (χ2v) is 5.27. The van der Waals surface area contributed by atoms with Crippen LogP contribution in [0.15, 0.2) is 0 Å². The molecule has 0 aromatic heterocycles. The molecule has 1 N–H and O–H groups in total. The highest BCUT2D eigenvalue weighted by molar-refractivity contribution is 4.85. The third-order valence-electron chi connectivity index (χ3n) is 3.63. The molecule has 2 unspecified atom stereocenters. The van der Waals surface area contributed by atoms with Crippen LogP contribution in [0.2, 0.25) is 0 Å². The highest BCUT2D eigenvalue weighted by Crippen LogP contribution is 2.31. The fourth-order valence-electron chi connectivity index (χ4n) is 2.62. The van der Waals surface area contributed by atoms with E-state index in [9.17, 15) is 5.11 Å². The van der Waals surface area contributed by atoms with E-state index < -0.39 is 5.60 Å². The van der Waals surface area contributed by atoms with Crippen molar-refractivity contribution in [3.05, 3.63) is 0 Å². The van der Waals surface area contributed by atoms with E-state index in [1.54, 1.807) is 0 Å². The molecule has 1 aliphatic rings. The van der Waals surface area contributed by atoms with E-state index in [-0.39, 0.29) is 0 Å². The Balaban J connectivity index is 2.25. The second-order valence-electron chi connectivity index (χ2n) is 5.27. The van der Waals surface area contributed by atoms with Crippen LogP contribution in [-0.2, 0) is 4.74 Å². The molecule has 1 saturated heterocycles. The SMILES string of the molecule is CCCCCCC1(O)CCOC(CCC)C1. The minimum Gasteiger partial charge on any atom is -0.390 e. The maximum atomic E-state index is 10.5. The summed E-state index contributed by atoms with van der Waals surface area (Å²) in [6, 6.07) is 0. The van der Waals surface area contributed by atoms with Crippen molar-refractivity contribution < 1.29 is 9.84 Å². The number of unbranched alkanes of at least 4 members (excludes halogenated alkanes) is 3. The van der Waals surface area contributed by atoms with E-state index in [1.165, 1.54) is 25.7 Å². The van der Waals surface area contributed by atoms with Crippen molar-refractivity contribution in [1.82, 2.24) is 0 Å². The Morgan fingerprint density at radius 2 is 2.00 bits per heavy atom. The molecule has 0 amide bonds. The van der Waals surface area contributed by atoms with Gasteiger partial charge < -0.3 is 9.84 Å². The van der Waals surface area contributed by atoms with E-state index in [0.717, 1.165) is 38.7 Å². The molecule has 0 spiro atoms. The number of hydrogen-bond donors (Lipinski definition) is 1. The zero-order valence-electron chi connectivity index (χ0n) is 11.0. The third kappa shape index (κ3) is 4.84. The lowest BCUT2D eigenvalue weighted by Gasteiger charge is -2.37. The van der Waals surface area contributed by atoms with Gasteiger partial charge in [-0.25, -0.2) is 0 Å². The minimum absolute atomic E-state index is 0.301. The van der Waals surface area contributed by atoms with Crippen LogP contribution in [0.4, 0.5) is 0 Å². The molecule has 0 saturated carbocycles. The second kappa shape index (κ2) is 7.29. The van der Waals surface area contributed by atoms with E-state index in [4.69, 9.17) is 4.74 Å². The van der Waals surface area contributed by atoms with E-state index in [1.807, 2.05) is 0 Å². The molecule has 16 heavy (non-hydrogen) atoms. The highest BCUT2D eigenvalue weighted by atomic mass is 16.5. The van der Waals surface area contributed by atoms with Gasteiger partial charge in [0.25, 0.3) is 0 Å². The van der Waals surface area contributed by atoms with Crippen molar-refractivity contribution >= 4 is 0 Å². The zero-order valence-corrected chi connectivity index (χ0v) is 11.0. The minimum atomic E-state index is -0.425. The number of hydrogen-bond acceptors (Lipinski definition) is 2. The van der Waals surface area contributed by atoms with Gasteiger partial charge in [0, 0.05) is 13.0 Å². The van der Waals surface area contributed by atoms with Gasteiger partial charge in [-0.2, -0.15) is 0 Å². The summed E-state index contributed by atoms with van der Waals surface area (Å²) in [5.41, 5.74) is -0.425. The third-order valence-corrected chi connectivity index (χ3v) is 3.63. The molecule has 1 aliphatic heterocycles. The van der Waals surface area contributed by atoms with Gasteiger partial charge in [0.15, 0.2) is 0 Å². The summed E-state index contributed by atoms with van der Waals surface area (Å²) in [5, 5.41) is 10.5. The first-order valence-electron chi connectivity index (χ1n) is 7.04. The summed E-state index contributed by atoms with van der Waals surface area (Å²) < 4.78 is 5.68. The van der Waals surface area contributed by atoms with Crippen LogP contribution in [0.1, 0.15) is 71.6 Å². The van der Waals surface area contributed by atoms with Gasteiger partial charge >= 0.3 is 0 Å². The van der Waals surface area contributed by atoms with Gasteiger partial charge in [-0.1, -0.05) is 46.0 Å². The van der Waals surface area contributed by atoms with Gasteiger partial charge in [-0.15, -0.1) is 0 Å². The average Bonchev–Trinajstić information content (AvgIpc) is 2.25. The van der Waals surface area contributed by atoms with Crippen LogP contribution in [-0.4, -0.2) is 23.4 Å². The quantitative estimate of drug-likeness (QED) is 0.674.